The minimum atomic E-state index is 0.288. The standard InChI is InChI=1S/C14H12Br2.2C2H6/c15-13(11-7-3-1-4-8-11)14(16)12-9-5-2-6-10-12;2*1-2/h1-10,13-14H;2*1-2H3. The maximum absolute atomic E-state index is 3.74. The largest absolute Gasteiger partial charge is 0.0823 e. The van der Waals surface area contributed by atoms with E-state index in [1.54, 1.807) is 0 Å². The first-order valence-corrected chi connectivity index (χ1v) is 9.00. The van der Waals surface area contributed by atoms with E-state index in [-0.39, 0.29) is 9.65 Å². The molecule has 0 aliphatic heterocycles. The van der Waals surface area contributed by atoms with Crippen LogP contribution in [-0.2, 0) is 0 Å². The highest BCUT2D eigenvalue weighted by molar-refractivity contribution is 9.12. The first-order chi connectivity index (χ1) is 9.79. The Bertz CT molecular complexity index is 382. The van der Waals surface area contributed by atoms with Crippen molar-refractivity contribution in [1.82, 2.24) is 0 Å². The van der Waals surface area contributed by atoms with Crippen molar-refractivity contribution in [3.8, 4) is 0 Å². The predicted octanol–water partition coefficient (Wildman–Crippen LogP) is 7.31. The van der Waals surface area contributed by atoms with Gasteiger partial charge in [0.25, 0.3) is 0 Å². The van der Waals surface area contributed by atoms with E-state index in [0.29, 0.717) is 0 Å². The van der Waals surface area contributed by atoms with Crippen molar-refractivity contribution in [3.63, 3.8) is 0 Å². The van der Waals surface area contributed by atoms with Crippen LogP contribution < -0.4 is 0 Å². The molecule has 110 valence electrons. The Balaban J connectivity index is 0.000000829. The van der Waals surface area contributed by atoms with Crippen molar-refractivity contribution in [1.29, 1.82) is 0 Å². The van der Waals surface area contributed by atoms with Crippen molar-refractivity contribution in [2.24, 2.45) is 0 Å². The second kappa shape index (κ2) is 12.2. The first kappa shape index (κ1) is 19.4. The van der Waals surface area contributed by atoms with Gasteiger partial charge in [-0.3, -0.25) is 0 Å². The number of hydrogen-bond acceptors (Lipinski definition) is 0. The minimum Gasteiger partial charge on any atom is -0.0823 e. The van der Waals surface area contributed by atoms with E-state index in [1.807, 2.05) is 39.8 Å². The summed E-state index contributed by atoms with van der Waals surface area (Å²) in [5.41, 5.74) is 2.57. The van der Waals surface area contributed by atoms with Gasteiger partial charge in [0, 0.05) is 0 Å². The van der Waals surface area contributed by atoms with Crippen LogP contribution in [0.5, 0.6) is 0 Å². The second-order valence-electron chi connectivity index (χ2n) is 3.62. The second-order valence-corrected chi connectivity index (χ2v) is 5.60. The summed E-state index contributed by atoms with van der Waals surface area (Å²) >= 11 is 7.48. The predicted molar refractivity (Wildman–Crippen MR) is 98.9 cm³/mol. The number of benzene rings is 2. The van der Waals surface area contributed by atoms with Crippen molar-refractivity contribution in [2.45, 2.75) is 37.3 Å². The Morgan fingerprint density at radius 3 is 1.05 bits per heavy atom. The van der Waals surface area contributed by atoms with E-state index >= 15 is 0 Å². The lowest BCUT2D eigenvalue weighted by molar-refractivity contribution is 0.938. The normalized spacial score (nSPS) is 12.1. The van der Waals surface area contributed by atoms with Gasteiger partial charge in [-0.1, -0.05) is 120 Å². The van der Waals surface area contributed by atoms with Crippen molar-refractivity contribution < 1.29 is 0 Å². The number of halogens is 2. The van der Waals surface area contributed by atoms with E-state index in [2.05, 4.69) is 80.4 Å². The lowest BCUT2D eigenvalue weighted by atomic mass is 10.0. The zero-order valence-electron chi connectivity index (χ0n) is 12.7. The summed E-state index contributed by atoms with van der Waals surface area (Å²) in [6, 6.07) is 20.9. The van der Waals surface area contributed by atoms with E-state index in [4.69, 9.17) is 0 Å². The Labute approximate surface area is 140 Å². The van der Waals surface area contributed by atoms with Crippen LogP contribution in [0.25, 0.3) is 0 Å². The van der Waals surface area contributed by atoms with Crippen LogP contribution in [0.15, 0.2) is 60.7 Å². The zero-order chi connectivity index (χ0) is 15.4. The van der Waals surface area contributed by atoms with Gasteiger partial charge in [0.1, 0.15) is 0 Å². The molecule has 0 amide bonds. The molecule has 2 rings (SSSR count). The topological polar surface area (TPSA) is 0 Å². The van der Waals surface area contributed by atoms with E-state index in [1.165, 1.54) is 11.1 Å². The third-order valence-corrected chi connectivity index (χ3v) is 5.32. The Morgan fingerprint density at radius 2 is 0.800 bits per heavy atom. The molecule has 0 saturated carbocycles. The molecule has 0 radical (unpaired) electrons. The van der Waals surface area contributed by atoms with Gasteiger partial charge >= 0.3 is 0 Å². The van der Waals surface area contributed by atoms with Crippen LogP contribution in [-0.4, -0.2) is 0 Å². The average Bonchev–Trinajstić information content (AvgIpc) is 2.59. The monoisotopic (exact) mass is 398 g/mol. The number of hydrogen-bond donors (Lipinski definition) is 0. The van der Waals surface area contributed by atoms with Crippen molar-refractivity contribution in [3.05, 3.63) is 71.8 Å². The molecule has 2 unspecified atom stereocenters. The lowest BCUT2D eigenvalue weighted by Crippen LogP contribution is -1.98. The highest BCUT2D eigenvalue weighted by Gasteiger charge is 2.18. The highest BCUT2D eigenvalue weighted by Crippen LogP contribution is 2.41. The van der Waals surface area contributed by atoms with E-state index in [0.717, 1.165) is 0 Å². The maximum Gasteiger partial charge on any atom is 0.0561 e. The molecule has 20 heavy (non-hydrogen) atoms. The summed E-state index contributed by atoms with van der Waals surface area (Å²) in [6.07, 6.45) is 0. The number of alkyl halides is 2. The fraction of sp³-hybridized carbons (Fsp3) is 0.333. The molecule has 2 aromatic rings. The van der Waals surface area contributed by atoms with Crippen molar-refractivity contribution in [2.75, 3.05) is 0 Å². The maximum atomic E-state index is 3.74. The van der Waals surface area contributed by atoms with Crippen LogP contribution in [0.3, 0.4) is 0 Å². The molecule has 0 aliphatic carbocycles. The van der Waals surface area contributed by atoms with Gasteiger partial charge in [-0.15, -0.1) is 0 Å². The molecular weight excluding hydrogens is 376 g/mol. The van der Waals surface area contributed by atoms with Crippen LogP contribution in [0.1, 0.15) is 48.5 Å². The minimum absolute atomic E-state index is 0.288. The third kappa shape index (κ3) is 6.23. The Hall–Kier alpha value is -0.600. The molecule has 0 bridgehead atoms. The van der Waals surface area contributed by atoms with Gasteiger partial charge in [-0.25, -0.2) is 0 Å². The summed E-state index contributed by atoms with van der Waals surface area (Å²) in [5, 5.41) is 0. The van der Waals surface area contributed by atoms with Crippen LogP contribution in [0.2, 0.25) is 0 Å². The van der Waals surface area contributed by atoms with Gasteiger partial charge < -0.3 is 0 Å². The third-order valence-electron chi connectivity index (χ3n) is 2.49. The molecule has 2 heteroatoms. The number of rotatable bonds is 3. The molecule has 0 spiro atoms. The quantitative estimate of drug-likeness (QED) is 0.474. The molecule has 0 nitrogen and oxygen atoms in total. The molecule has 0 saturated heterocycles. The van der Waals surface area contributed by atoms with Gasteiger partial charge in [0.05, 0.1) is 9.65 Å². The fourth-order valence-electron chi connectivity index (χ4n) is 1.61. The fourth-order valence-corrected chi connectivity index (χ4v) is 2.83. The molecule has 2 aromatic carbocycles. The SMILES string of the molecule is BrC(c1ccccc1)C(Br)c1ccccc1.CC.CC. The average molecular weight is 400 g/mol. The summed E-state index contributed by atoms with van der Waals surface area (Å²) in [4.78, 5) is 0.576. The molecule has 2 atom stereocenters. The summed E-state index contributed by atoms with van der Waals surface area (Å²) in [7, 11) is 0. The van der Waals surface area contributed by atoms with Gasteiger partial charge in [0.2, 0.25) is 0 Å². The Morgan fingerprint density at radius 1 is 0.550 bits per heavy atom. The highest BCUT2D eigenvalue weighted by atomic mass is 79.9. The summed E-state index contributed by atoms with van der Waals surface area (Å²) < 4.78 is 0. The van der Waals surface area contributed by atoms with E-state index in [9.17, 15) is 0 Å². The van der Waals surface area contributed by atoms with Crippen LogP contribution in [0.4, 0.5) is 0 Å². The molecule has 0 aliphatic rings. The van der Waals surface area contributed by atoms with E-state index < -0.39 is 0 Å². The Kier molecular flexibility index (Phi) is 11.8. The van der Waals surface area contributed by atoms with Gasteiger partial charge in [-0.05, 0) is 11.1 Å². The molecule has 0 aromatic heterocycles. The van der Waals surface area contributed by atoms with Gasteiger partial charge in [0.15, 0.2) is 0 Å². The lowest BCUT2D eigenvalue weighted by Gasteiger charge is -2.17. The summed E-state index contributed by atoms with van der Waals surface area (Å²) in [6.45, 7) is 8.00. The summed E-state index contributed by atoms with van der Waals surface area (Å²) in [5.74, 6) is 0. The zero-order valence-corrected chi connectivity index (χ0v) is 15.9. The smallest absolute Gasteiger partial charge is 0.0561 e. The molecule has 0 fully saturated rings. The first-order valence-electron chi connectivity index (χ1n) is 7.17. The van der Waals surface area contributed by atoms with Crippen LogP contribution in [0, 0.1) is 0 Å². The van der Waals surface area contributed by atoms with Gasteiger partial charge in [-0.2, -0.15) is 0 Å². The molecule has 0 heterocycles. The molecular formula is C18H24Br2. The molecule has 0 N–H and O–H groups in total. The van der Waals surface area contributed by atoms with Crippen LogP contribution >= 0.6 is 31.9 Å². The van der Waals surface area contributed by atoms with Crippen molar-refractivity contribution >= 4 is 31.9 Å².